The SMILES string of the molecule is Cn1cc(CCC2(CNC3CC3)CCCC2)cn1. The molecule has 100 valence electrons. The highest BCUT2D eigenvalue weighted by Gasteiger charge is 2.35. The highest BCUT2D eigenvalue weighted by Crippen LogP contribution is 2.42. The molecule has 0 saturated heterocycles. The van der Waals surface area contributed by atoms with Gasteiger partial charge in [0.15, 0.2) is 0 Å². The van der Waals surface area contributed by atoms with Crippen LogP contribution in [0.3, 0.4) is 0 Å². The summed E-state index contributed by atoms with van der Waals surface area (Å²) < 4.78 is 1.92. The maximum absolute atomic E-state index is 4.27. The molecule has 1 aromatic heterocycles. The van der Waals surface area contributed by atoms with E-state index in [0.717, 1.165) is 6.04 Å². The van der Waals surface area contributed by atoms with Crippen LogP contribution in [0.5, 0.6) is 0 Å². The van der Waals surface area contributed by atoms with E-state index in [9.17, 15) is 0 Å². The second-order valence-electron chi connectivity index (χ2n) is 6.38. The van der Waals surface area contributed by atoms with Crippen molar-refractivity contribution in [2.75, 3.05) is 6.54 Å². The monoisotopic (exact) mass is 247 g/mol. The van der Waals surface area contributed by atoms with Crippen LogP contribution >= 0.6 is 0 Å². The van der Waals surface area contributed by atoms with Gasteiger partial charge in [0.1, 0.15) is 0 Å². The Hall–Kier alpha value is -0.830. The molecule has 0 amide bonds. The van der Waals surface area contributed by atoms with Gasteiger partial charge in [-0.15, -0.1) is 0 Å². The van der Waals surface area contributed by atoms with Gasteiger partial charge in [-0.05, 0) is 49.5 Å². The predicted molar refractivity (Wildman–Crippen MR) is 73.5 cm³/mol. The average molecular weight is 247 g/mol. The van der Waals surface area contributed by atoms with Crippen molar-refractivity contribution in [3.8, 4) is 0 Å². The minimum Gasteiger partial charge on any atom is -0.313 e. The molecule has 2 fully saturated rings. The highest BCUT2D eigenvalue weighted by atomic mass is 15.2. The normalized spacial score (nSPS) is 22.5. The lowest BCUT2D eigenvalue weighted by Gasteiger charge is -2.29. The second kappa shape index (κ2) is 5.04. The van der Waals surface area contributed by atoms with Gasteiger partial charge in [-0.3, -0.25) is 4.68 Å². The Morgan fingerprint density at radius 3 is 2.78 bits per heavy atom. The third-order valence-corrected chi connectivity index (χ3v) is 4.71. The van der Waals surface area contributed by atoms with Crippen molar-refractivity contribution in [1.29, 1.82) is 0 Å². The van der Waals surface area contributed by atoms with E-state index in [-0.39, 0.29) is 0 Å². The van der Waals surface area contributed by atoms with Crippen LogP contribution in [0.15, 0.2) is 12.4 Å². The van der Waals surface area contributed by atoms with Crippen molar-refractivity contribution in [3.05, 3.63) is 18.0 Å². The molecule has 0 aromatic carbocycles. The largest absolute Gasteiger partial charge is 0.313 e. The summed E-state index contributed by atoms with van der Waals surface area (Å²) in [5, 5.41) is 8.03. The molecule has 0 spiro atoms. The number of aromatic nitrogens is 2. The zero-order chi connectivity index (χ0) is 12.4. The zero-order valence-corrected chi connectivity index (χ0v) is 11.5. The van der Waals surface area contributed by atoms with E-state index < -0.39 is 0 Å². The molecular weight excluding hydrogens is 222 g/mol. The summed E-state index contributed by atoms with van der Waals surface area (Å²) in [4.78, 5) is 0. The van der Waals surface area contributed by atoms with Crippen LogP contribution in [-0.4, -0.2) is 22.4 Å². The zero-order valence-electron chi connectivity index (χ0n) is 11.5. The van der Waals surface area contributed by atoms with Gasteiger partial charge >= 0.3 is 0 Å². The number of rotatable bonds is 6. The van der Waals surface area contributed by atoms with Crippen LogP contribution in [-0.2, 0) is 13.5 Å². The number of nitrogens with zero attached hydrogens (tertiary/aromatic N) is 2. The van der Waals surface area contributed by atoms with Gasteiger partial charge < -0.3 is 5.32 Å². The fraction of sp³-hybridized carbons (Fsp3) is 0.800. The molecule has 3 heteroatoms. The Morgan fingerprint density at radius 2 is 2.17 bits per heavy atom. The quantitative estimate of drug-likeness (QED) is 0.837. The van der Waals surface area contributed by atoms with E-state index in [1.54, 1.807) is 0 Å². The molecule has 2 aliphatic carbocycles. The van der Waals surface area contributed by atoms with E-state index >= 15 is 0 Å². The van der Waals surface area contributed by atoms with Gasteiger partial charge in [-0.2, -0.15) is 5.10 Å². The van der Waals surface area contributed by atoms with Crippen molar-refractivity contribution in [2.24, 2.45) is 12.5 Å². The molecule has 2 aliphatic rings. The fourth-order valence-corrected chi connectivity index (χ4v) is 3.30. The molecular formula is C15H25N3. The molecule has 1 heterocycles. The predicted octanol–water partition coefficient (Wildman–Crippen LogP) is 2.67. The maximum Gasteiger partial charge on any atom is 0.0521 e. The van der Waals surface area contributed by atoms with E-state index in [0.29, 0.717) is 5.41 Å². The smallest absolute Gasteiger partial charge is 0.0521 e. The molecule has 2 saturated carbocycles. The summed E-state index contributed by atoms with van der Waals surface area (Å²) in [5.41, 5.74) is 1.98. The molecule has 1 N–H and O–H groups in total. The number of aryl methyl sites for hydroxylation is 2. The topological polar surface area (TPSA) is 29.9 Å². The van der Waals surface area contributed by atoms with Crippen molar-refractivity contribution >= 4 is 0 Å². The molecule has 0 bridgehead atoms. The van der Waals surface area contributed by atoms with Gasteiger partial charge in [0.25, 0.3) is 0 Å². The first-order valence-corrected chi connectivity index (χ1v) is 7.47. The van der Waals surface area contributed by atoms with Crippen LogP contribution in [0.2, 0.25) is 0 Å². The van der Waals surface area contributed by atoms with Crippen LogP contribution < -0.4 is 5.32 Å². The minimum atomic E-state index is 0.582. The lowest BCUT2D eigenvalue weighted by Crippen LogP contribution is -2.33. The lowest BCUT2D eigenvalue weighted by molar-refractivity contribution is 0.256. The molecule has 0 aliphatic heterocycles. The number of nitrogens with one attached hydrogen (secondary N) is 1. The van der Waals surface area contributed by atoms with E-state index in [1.165, 1.54) is 63.5 Å². The molecule has 3 nitrogen and oxygen atoms in total. The number of hydrogen-bond donors (Lipinski definition) is 1. The van der Waals surface area contributed by atoms with Crippen LogP contribution in [0.1, 0.15) is 50.5 Å². The van der Waals surface area contributed by atoms with Crippen LogP contribution in [0.4, 0.5) is 0 Å². The van der Waals surface area contributed by atoms with E-state index in [4.69, 9.17) is 0 Å². The third-order valence-electron chi connectivity index (χ3n) is 4.71. The number of hydrogen-bond acceptors (Lipinski definition) is 2. The first-order valence-electron chi connectivity index (χ1n) is 7.47. The Kier molecular flexibility index (Phi) is 3.42. The lowest BCUT2D eigenvalue weighted by atomic mass is 9.80. The molecule has 0 unspecified atom stereocenters. The van der Waals surface area contributed by atoms with Crippen LogP contribution in [0, 0.1) is 5.41 Å². The molecule has 1 aromatic rings. The summed E-state index contributed by atoms with van der Waals surface area (Å²) in [6.45, 7) is 1.25. The van der Waals surface area contributed by atoms with Crippen molar-refractivity contribution in [1.82, 2.24) is 15.1 Å². The van der Waals surface area contributed by atoms with Gasteiger partial charge in [0.2, 0.25) is 0 Å². The van der Waals surface area contributed by atoms with Gasteiger partial charge in [0.05, 0.1) is 6.20 Å². The van der Waals surface area contributed by atoms with Crippen LogP contribution in [0.25, 0.3) is 0 Å². The Bertz CT molecular complexity index is 386. The summed E-state index contributed by atoms with van der Waals surface area (Å²) in [5.74, 6) is 0. The summed E-state index contributed by atoms with van der Waals surface area (Å²) >= 11 is 0. The van der Waals surface area contributed by atoms with Gasteiger partial charge in [-0.25, -0.2) is 0 Å². The first kappa shape index (κ1) is 12.2. The average Bonchev–Trinajstić information content (AvgIpc) is 2.93. The van der Waals surface area contributed by atoms with E-state index in [1.807, 2.05) is 17.9 Å². The Balaban J connectivity index is 1.55. The third kappa shape index (κ3) is 2.94. The second-order valence-corrected chi connectivity index (χ2v) is 6.38. The molecule has 18 heavy (non-hydrogen) atoms. The first-order chi connectivity index (χ1) is 8.76. The van der Waals surface area contributed by atoms with Gasteiger partial charge in [0, 0.05) is 25.8 Å². The van der Waals surface area contributed by atoms with Crippen molar-refractivity contribution < 1.29 is 0 Å². The van der Waals surface area contributed by atoms with E-state index in [2.05, 4.69) is 16.6 Å². The summed E-state index contributed by atoms with van der Waals surface area (Å²) in [6.07, 6.45) is 15.2. The van der Waals surface area contributed by atoms with Crippen molar-refractivity contribution in [3.63, 3.8) is 0 Å². The highest BCUT2D eigenvalue weighted by molar-refractivity contribution is 5.05. The standard InChI is InChI=1S/C15H25N3/c1-18-11-13(10-17-18)6-9-15(7-2-3-8-15)12-16-14-4-5-14/h10-11,14,16H,2-9,12H2,1H3. The minimum absolute atomic E-state index is 0.582. The van der Waals surface area contributed by atoms with Gasteiger partial charge in [-0.1, -0.05) is 12.8 Å². The fourth-order valence-electron chi connectivity index (χ4n) is 3.30. The van der Waals surface area contributed by atoms with Crippen molar-refractivity contribution in [2.45, 2.75) is 57.4 Å². The summed E-state index contributed by atoms with van der Waals surface area (Å²) in [7, 11) is 2.00. The molecule has 3 rings (SSSR count). The Labute approximate surface area is 110 Å². The summed E-state index contributed by atoms with van der Waals surface area (Å²) in [6, 6.07) is 0.848. The molecule has 0 radical (unpaired) electrons. The Morgan fingerprint density at radius 1 is 1.39 bits per heavy atom. The molecule has 0 atom stereocenters. The maximum atomic E-state index is 4.27.